The molecule has 0 bridgehead atoms. The Kier molecular flexibility index (Phi) is 6.51. The van der Waals surface area contributed by atoms with Crippen molar-refractivity contribution >= 4 is 46.2 Å². The number of amides is 1. The van der Waals surface area contributed by atoms with Gasteiger partial charge in [-0.05, 0) is 31.5 Å². The molecule has 1 saturated heterocycles. The number of pyridine rings is 1. The first-order valence-electron chi connectivity index (χ1n) is 11.6. The number of anilines is 1. The third-order valence-electron chi connectivity index (χ3n) is 6.87. The van der Waals surface area contributed by atoms with E-state index in [0.717, 1.165) is 11.6 Å². The number of halogens is 4. The Labute approximate surface area is 219 Å². The molecule has 0 radical (unpaired) electrons. The van der Waals surface area contributed by atoms with E-state index in [-0.39, 0.29) is 41.7 Å². The van der Waals surface area contributed by atoms with Crippen LogP contribution in [0, 0.1) is 0 Å². The maximum Gasteiger partial charge on any atom is 0.417 e. The van der Waals surface area contributed by atoms with Gasteiger partial charge in [-0.2, -0.15) is 18.2 Å². The topological polar surface area (TPSA) is 91.6 Å². The lowest BCUT2D eigenvalue weighted by Gasteiger charge is -2.43. The summed E-state index contributed by atoms with van der Waals surface area (Å²) in [6.07, 6.45) is -2.50. The normalized spacial score (nSPS) is 22.3. The number of nitrogens with zero attached hydrogens (tertiary/aromatic N) is 5. The van der Waals surface area contributed by atoms with Gasteiger partial charge in [0.15, 0.2) is 0 Å². The molecular weight excluding hydrogens is 531 g/mol. The van der Waals surface area contributed by atoms with Gasteiger partial charge in [0.1, 0.15) is 5.82 Å². The molecule has 2 aromatic heterocycles. The minimum atomic E-state index is -4.72. The lowest BCUT2D eigenvalue weighted by atomic mass is 10.0. The quantitative estimate of drug-likeness (QED) is 0.481. The van der Waals surface area contributed by atoms with Crippen molar-refractivity contribution in [3.8, 4) is 0 Å². The average Bonchev–Trinajstić information content (AvgIpc) is 3.03. The van der Waals surface area contributed by atoms with Crippen LogP contribution in [0.2, 0.25) is 5.02 Å². The summed E-state index contributed by atoms with van der Waals surface area (Å²) in [6, 6.07) is 3.67. The number of thioether (sulfide) groups is 1. The van der Waals surface area contributed by atoms with E-state index in [1.807, 2.05) is 6.07 Å². The number of piperazine rings is 1. The van der Waals surface area contributed by atoms with Crippen molar-refractivity contribution < 1.29 is 23.1 Å². The summed E-state index contributed by atoms with van der Waals surface area (Å²) >= 11 is 7.54. The fraction of sp³-hybridized carbons (Fsp3) is 0.417. The van der Waals surface area contributed by atoms with Crippen LogP contribution in [0.4, 0.5) is 23.8 Å². The van der Waals surface area contributed by atoms with Crippen molar-refractivity contribution in [2.45, 2.75) is 49.5 Å². The molecule has 3 atom stereocenters. The first-order chi connectivity index (χ1) is 17.5. The van der Waals surface area contributed by atoms with E-state index >= 15 is 0 Å². The summed E-state index contributed by atoms with van der Waals surface area (Å²) in [7, 11) is 0. The van der Waals surface area contributed by atoms with E-state index in [9.17, 15) is 27.9 Å². The molecule has 2 aliphatic heterocycles. The zero-order valence-electron chi connectivity index (χ0n) is 19.9. The Morgan fingerprint density at radius 2 is 1.92 bits per heavy atom. The van der Waals surface area contributed by atoms with Gasteiger partial charge in [0.05, 0.1) is 33.1 Å². The van der Waals surface area contributed by atoms with Gasteiger partial charge in [-0.15, -0.1) is 11.8 Å². The summed E-state index contributed by atoms with van der Waals surface area (Å²) in [5.74, 6) is 0.289. The molecule has 1 aromatic carbocycles. The van der Waals surface area contributed by atoms with E-state index in [4.69, 9.17) is 11.6 Å². The Morgan fingerprint density at radius 1 is 1.22 bits per heavy atom. The van der Waals surface area contributed by atoms with Crippen molar-refractivity contribution in [2.75, 3.05) is 23.7 Å². The molecule has 5 rings (SSSR count). The second kappa shape index (κ2) is 9.39. The van der Waals surface area contributed by atoms with E-state index in [0.29, 0.717) is 11.3 Å². The van der Waals surface area contributed by atoms with Crippen LogP contribution in [0.5, 0.6) is 0 Å². The monoisotopic (exact) mass is 553 g/mol. The Balaban J connectivity index is 1.72. The molecule has 196 valence electrons. The number of aromatic nitrogens is 3. The van der Waals surface area contributed by atoms with Crippen LogP contribution in [0.25, 0.3) is 10.9 Å². The highest BCUT2D eigenvalue weighted by Gasteiger charge is 2.39. The SMILES string of the molecule is C[C@@H]1CN(c2nc(=O)n3c4c(c(Cl)c(C(F)(F)F)cc24)SC[C@H](c2cccnc2)C3)C[C@H](C)N1C(=O)O. The predicted octanol–water partition coefficient (Wildman–Crippen LogP) is 4.93. The minimum Gasteiger partial charge on any atom is -0.465 e. The number of hydrogen-bond acceptors (Lipinski definition) is 6. The largest absolute Gasteiger partial charge is 0.465 e. The summed E-state index contributed by atoms with van der Waals surface area (Å²) < 4.78 is 43.7. The third-order valence-corrected chi connectivity index (χ3v) is 8.63. The highest BCUT2D eigenvalue weighted by atomic mass is 35.5. The van der Waals surface area contributed by atoms with Crippen LogP contribution in [0.3, 0.4) is 0 Å². The molecule has 8 nitrogen and oxygen atoms in total. The van der Waals surface area contributed by atoms with Crippen molar-refractivity contribution in [3.63, 3.8) is 0 Å². The molecule has 2 aliphatic rings. The van der Waals surface area contributed by atoms with Crippen molar-refractivity contribution in [3.05, 3.63) is 57.2 Å². The van der Waals surface area contributed by atoms with E-state index in [2.05, 4.69) is 9.97 Å². The number of carboxylic acid groups (broad SMARTS) is 1. The number of benzene rings is 1. The van der Waals surface area contributed by atoms with Gasteiger partial charge in [-0.3, -0.25) is 14.5 Å². The number of alkyl halides is 3. The summed E-state index contributed by atoms with van der Waals surface area (Å²) in [5, 5.41) is 9.28. The van der Waals surface area contributed by atoms with E-state index < -0.39 is 40.6 Å². The molecule has 3 aromatic rings. The molecular formula is C24H23ClF3N5O3S. The fourth-order valence-electron chi connectivity index (χ4n) is 5.27. The Hall–Kier alpha value is -2.99. The van der Waals surface area contributed by atoms with Gasteiger partial charge in [0.2, 0.25) is 0 Å². The van der Waals surface area contributed by atoms with Crippen molar-refractivity contribution in [1.29, 1.82) is 0 Å². The van der Waals surface area contributed by atoms with Crippen LogP contribution in [-0.2, 0) is 12.7 Å². The number of hydrogen-bond donors (Lipinski definition) is 1. The zero-order valence-corrected chi connectivity index (χ0v) is 21.4. The van der Waals surface area contributed by atoms with E-state index in [1.165, 1.54) is 21.2 Å². The van der Waals surface area contributed by atoms with Crippen molar-refractivity contribution in [2.24, 2.45) is 0 Å². The molecule has 0 unspecified atom stereocenters. The van der Waals surface area contributed by atoms with Crippen LogP contribution >= 0.6 is 23.4 Å². The number of rotatable bonds is 2. The highest BCUT2D eigenvalue weighted by Crippen LogP contribution is 2.47. The van der Waals surface area contributed by atoms with Gasteiger partial charge >= 0.3 is 18.0 Å². The Bertz CT molecular complexity index is 1420. The molecule has 1 fully saturated rings. The van der Waals surface area contributed by atoms with Crippen LogP contribution in [-0.4, -0.2) is 61.6 Å². The summed E-state index contributed by atoms with van der Waals surface area (Å²) in [4.78, 5) is 36.7. The molecule has 0 aliphatic carbocycles. The van der Waals surface area contributed by atoms with Crippen molar-refractivity contribution in [1.82, 2.24) is 19.4 Å². The Morgan fingerprint density at radius 3 is 2.51 bits per heavy atom. The molecule has 37 heavy (non-hydrogen) atoms. The molecule has 0 saturated carbocycles. The highest BCUT2D eigenvalue weighted by molar-refractivity contribution is 7.99. The molecule has 4 heterocycles. The fourth-order valence-corrected chi connectivity index (χ4v) is 6.94. The standard InChI is InChI=1S/C24H23ClF3N5O3S/c1-12-8-31(9-13(2)33(12)23(35)36)21-16-6-17(24(26,27)28)18(25)20-19(16)32(22(34)30-21)10-15(11-37-20)14-4-3-5-29-7-14/h3-7,12-13,15H,8-11H2,1-2H3,(H,35,36)/t12-,13+,15-/m1/s1. The molecule has 1 N–H and O–H groups in total. The smallest absolute Gasteiger partial charge is 0.417 e. The predicted molar refractivity (Wildman–Crippen MR) is 135 cm³/mol. The van der Waals surface area contributed by atoms with E-state index in [1.54, 1.807) is 37.2 Å². The van der Waals surface area contributed by atoms with Gasteiger partial charge in [0.25, 0.3) is 0 Å². The average molecular weight is 554 g/mol. The third kappa shape index (κ3) is 4.50. The lowest BCUT2D eigenvalue weighted by molar-refractivity contribution is -0.137. The second-order valence-corrected chi connectivity index (χ2v) is 10.8. The maximum absolute atomic E-state index is 14.1. The molecule has 0 spiro atoms. The lowest BCUT2D eigenvalue weighted by Crippen LogP contribution is -2.58. The first-order valence-corrected chi connectivity index (χ1v) is 13.0. The molecule has 13 heteroatoms. The second-order valence-electron chi connectivity index (χ2n) is 9.38. The van der Waals surface area contributed by atoms with Gasteiger partial charge in [0, 0.05) is 49.1 Å². The van der Waals surface area contributed by atoms with Crippen LogP contribution in [0.15, 0.2) is 40.3 Å². The van der Waals surface area contributed by atoms with Gasteiger partial charge in [-0.25, -0.2) is 9.59 Å². The van der Waals surface area contributed by atoms with Crippen LogP contribution in [0.1, 0.15) is 30.9 Å². The summed E-state index contributed by atoms with van der Waals surface area (Å²) in [5.41, 5.74) is -0.434. The first kappa shape index (κ1) is 25.7. The maximum atomic E-state index is 14.1. The van der Waals surface area contributed by atoms with Gasteiger partial charge in [-0.1, -0.05) is 17.7 Å². The molecule has 1 amide bonds. The minimum absolute atomic E-state index is 0.101. The van der Waals surface area contributed by atoms with Gasteiger partial charge < -0.3 is 10.0 Å². The number of carbonyl (C=O) groups is 1. The van der Waals surface area contributed by atoms with Crippen LogP contribution < -0.4 is 10.6 Å². The summed E-state index contributed by atoms with van der Waals surface area (Å²) in [6.45, 7) is 3.98. The zero-order chi connectivity index (χ0) is 26.6.